The Balaban J connectivity index is 2.66. The molecule has 0 aliphatic heterocycles. The molecule has 1 aromatic heterocycles. The molecule has 0 saturated heterocycles. The predicted molar refractivity (Wildman–Crippen MR) is 53.3 cm³/mol. The van der Waals surface area contributed by atoms with Gasteiger partial charge in [0.1, 0.15) is 5.56 Å². The van der Waals surface area contributed by atoms with Crippen LogP contribution in [0.2, 0.25) is 0 Å². The van der Waals surface area contributed by atoms with Gasteiger partial charge in [-0.3, -0.25) is 4.98 Å². The summed E-state index contributed by atoms with van der Waals surface area (Å²) in [6, 6.07) is 1.29. The Bertz CT molecular complexity index is 391. The molecule has 0 amide bonds. The van der Waals surface area contributed by atoms with Gasteiger partial charge in [0, 0.05) is 6.20 Å². The monoisotopic (exact) mass is 225 g/mol. The molecular formula is C10H11NO5. The lowest BCUT2D eigenvalue weighted by molar-refractivity contribution is -0.145. The van der Waals surface area contributed by atoms with Crippen LogP contribution in [0.1, 0.15) is 17.3 Å². The van der Waals surface area contributed by atoms with E-state index in [0.29, 0.717) is 0 Å². The number of carboxylic acid groups (broad SMARTS) is 1. The lowest BCUT2D eigenvalue weighted by Gasteiger charge is -2.07. The molecule has 1 N–H and O–H groups in total. The summed E-state index contributed by atoms with van der Waals surface area (Å²) in [5, 5.41) is 8.81. The number of aromatic carboxylic acids is 1. The fraction of sp³-hybridized carbons (Fsp3) is 0.300. The van der Waals surface area contributed by atoms with Gasteiger partial charge in [-0.05, 0) is 13.0 Å². The molecule has 0 fully saturated rings. The minimum atomic E-state index is -1.14. The van der Waals surface area contributed by atoms with Crippen molar-refractivity contribution in [3.8, 4) is 5.75 Å². The van der Waals surface area contributed by atoms with Crippen molar-refractivity contribution in [2.75, 3.05) is 13.2 Å². The maximum absolute atomic E-state index is 11.0. The number of rotatable bonds is 5. The summed E-state index contributed by atoms with van der Waals surface area (Å²) in [5.74, 6) is -1.65. The van der Waals surface area contributed by atoms with Crippen LogP contribution in [0.3, 0.4) is 0 Å². The fourth-order valence-corrected chi connectivity index (χ4v) is 1.01. The van der Waals surface area contributed by atoms with E-state index in [4.69, 9.17) is 9.84 Å². The molecule has 0 bridgehead atoms. The zero-order chi connectivity index (χ0) is 12.0. The van der Waals surface area contributed by atoms with Crippen molar-refractivity contribution in [1.29, 1.82) is 0 Å². The molecule has 0 radical (unpaired) electrons. The van der Waals surface area contributed by atoms with E-state index in [9.17, 15) is 9.59 Å². The molecule has 0 spiro atoms. The third-order valence-corrected chi connectivity index (χ3v) is 1.67. The highest BCUT2D eigenvalue weighted by molar-refractivity contribution is 5.90. The third kappa shape index (κ3) is 3.23. The number of pyridine rings is 1. The molecule has 1 heterocycles. The summed E-state index contributed by atoms with van der Waals surface area (Å²) >= 11 is 0. The third-order valence-electron chi connectivity index (χ3n) is 1.67. The Labute approximate surface area is 91.8 Å². The summed E-state index contributed by atoms with van der Waals surface area (Å²) in [4.78, 5) is 25.5. The summed E-state index contributed by atoms with van der Waals surface area (Å²) in [5.41, 5.74) is -0.0423. The summed E-state index contributed by atoms with van der Waals surface area (Å²) in [6.45, 7) is 1.59. The zero-order valence-corrected chi connectivity index (χ0v) is 8.67. The molecule has 6 heteroatoms. The largest absolute Gasteiger partial charge is 0.479 e. The molecule has 0 aliphatic rings. The van der Waals surface area contributed by atoms with Crippen molar-refractivity contribution >= 4 is 11.9 Å². The predicted octanol–water partition coefficient (Wildman–Crippen LogP) is 0.722. The van der Waals surface area contributed by atoms with E-state index in [2.05, 4.69) is 9.72 Å². The van der Waals surface area contributed by atoms with E-state index >= 15 is 0 Å². The van der Waals surface area contributed by atoms with Crippen molar-refractivity contribution in [3.05, 3.63) is 24.0 Å². The van der Waals surface area contributed by atoms with Crippen LogP contribution in [-0.4, -0.2) is 35.2 Å². The molecule has 0 atom stereocenters. The minimum absolute atomic E-state index is 0.0423. The molecule has 16 heavy (non-hydrogen) atoms. The molecule has 0 unspecified atom stereocenters. The second kappa shape index (κ2) is 5.69. The van der Waals surface area contributed by atoms with Crippen molar-refractivity contribution in [2.24, 2.45) is 0 Å². The van der Waals surface area contributed by atoms with Crippen LogP contribution in [0.25, 0.3) is 0 Å². The van der Waals surface area contributed by atoms with Crippen LogP contribution in [0, 0.1) is 0 Å². The Kier molecular flexibility index (Phi) is 4.26. The number of nitrogens with zero attached hydrogens (tertiary/aromatic N) is 1. The van der Waals surface area contributed by atoms with Gasteiger partial charge in [-0.15, -0.1) is 0 Å². The molecule has 86 valence electrons. The van der Waals surface area contributed by atoms with Gasteiger partial charge in [-0.1, -0.05) is 0 Å². The molecule has 6 nitrogen and oxygen atoms in total. The number of carbonyl (C=O) groups is 2. The first kappa shape index (κ1) is 12.0. The summed E-state index contributed by atoms with van der Waals surface area (Å²) in [7, 11) is 0. The first-order chi connectivity index (χ1) is 7.65. The Morgan fingerprint density at radius 1 is 1.50 bits per heavy atom. The van der Waals surface area contributed by atoms with Gasteiger partial charge in [-0.25, -0.2) is 9.59 Å². The van der Waals surface area contributed by atoms with E-state index in [1.54, 1.807) is 6.92 Å². The lowest BCUT2D eigenvalue weighted by Crippen LogP contribution is -2.16. The lowest BCUT2D eigenvalue weighted by atomic mass is 10.2. The van der Waals surface area contributed by atoms with E-state index < -0.39 is 11.9 Å². The van der Waals surface area contributed by atoms with Gasteiger partial charge in [0.05, 0.1) is 12.8 Å². The maximum Gasteiger partial charge on any atom is 0.344 e. The standard InChI is InChI=1S/C10H11NO5/c1-2-15-9(12)6-16-8-5-11-4-3-7(8)10(13)14/h3-5H,2,6H2,1H3,(H,13,14). The van der Waals surface area contributed by atoms with Gasteiger partial charge >= 0.3 is 11.9 Å². The second-order valence-corrected chi connectivity index (χ2v) is 2.77. The number of hydrogen-bond acceptors (Lipinski definition) is 5. The van der Waals surface area contributed by atoms with E-state index in [0.717, 1.165) is 0 Å². The van der Waals surface area contributed by atoms with Crippen molar-refractivity contribution in [3.63, 3.8) is 0 Å². The van der Waals surface area contributed by atoms with Crippen molar-refractivity contribution in [1.82, 2.24) is 4.98 Å². The number of aromatic nitrogens is 1. The van der Waals surface area contributed by atoms with E-state index in [-0.39, 0.29) is 24.5 Å². The van der Waals surface area contributed by atoms with Crippen LogP contribution in [0.5, 0.6) is 5.75 Å². The van der Waals surface area contributed by atoms with Gasteiger partial charge < -0.3 is 14.6 Å². The average molecular weight is 225 g/mol. The van der Waals surface area contributed by atoms with Gasteiger partial charge in [-0.2, -0.15) is 0 Å². The number of ether oxygens (including phenoxy) is 2. The normalized spacial score (nSPS) is 9.56. The molecule has 0 aromatic carbocycles. The Morgan fingerprint density at radius 2 is 2.25 bits per heavy atom. The Hall–Kier alpha value is -2.11. The Morgan fingerprint density at radius 3 is 2.88 bits per heavy atom. The number of hydrogen-bond donors (Lipinski definition) is 1. The fourth-order valence-electron chi connectivity index (χ4n) is 1.01. The van der Waals surface area contributed by atoms with Gasteiger partial charge in [0.25, 0.3) is 0 Å². The molecule has 1 aromatic rings. The van der Waals surface area contributed by atoms with Crippen LogP contribution >= 0.6 is 0 Å². The maximum atomic E-state index is 11.0. The van der Waals surface area contributed by atoms with E-state index in [1.807, 2.05) is 0 Å². The smallest absolute Gasteiger partial charge is 0.344 e. The van der Waals surface area contributed by atoms with Crippen molar-refractivity contribution < 1.29 is 24.2 Å². The number of carbonyl (C=O) groups excluding carboxylic acids is 1. The second-order valence-electron chi connectivity index (χ2n) is 2.77. The summed E-state index contributed by atoms with van der Waals surface area (Å²) in [6.07, 6.45) is 2.57. The minimum Gasteiger partial charge on any atom is -0.479 e. The van der Waals surface area contributed by atoms with Crippen molar-refractivity contribution in [2.45, 2.75) is 6.92 Å². The molecule has 0 aliphatic carbocycles. The van der Waals surface area contributed by atoms with Crippen LogP contribution in [0.15, 0.2) is 18.5 Å². The molecule has 0 saturated carbocycles. The molecular weight excluding hydrogens is 214 g/mol. The van der Waals surface area contributed by atoms with Crippen LogP contribution in [0.4, 0.5) is 0 Å². The van der Waals surface area contributed by atoms with Crippen LogP contribution in [-0.2, 0) is 9.53 Å². The first-order valence-corrected chi connectivity index (χ1v) is 4.61. The quantitative estimate of drug-likeness (QED) is 0.743. The highest BCUT2D eigenvalue weighted by Gasteiger charge is 2.12. The topological polar surface area (TPSA) is 85.7 Å². The molecule has 1 rings (SSSR count). The highest BCUT2D eigenvalue weighted by Crippen LogP contribution is 2.15. The van der Waals surface area contributed by atoms with Crippen LogP contribution < -0.4 is 4.74 Å². The summed E-state index contributed by atoms with van der Waals surface area (Å²) < 4.78 is 9.63. The average Bonchev–Trinajstić information content (AvgIpc) is 2.27. The SMILES string of the molecule is CCOC(=O)COc1cnccc1C(=O)O. The first-order valence-electron chi connectivity index (χ1n) is 4.61. The number of esters is 1. The highest BCUT2D eigenvalue weighted by atomic mass is 16.6. The zero-order valence-electron chi connectivity index (χ0n) is 8.67. The van der Waals surface area contributed by atoms with E-state index in [1.165, 1.54) is 18.5 Å². The number of carboxylic acids is 1. The van der Waals surface area contributed by atoms with Gasteiger partial charge in [0.2, 0.25) is 0 Å². The van der Waals surface area contributed by atoms with Gasteiger partial charge in [0.15, 0.2) is 12.4 Å².